The van der Waals surface area contributed by atoms with Crippen molar-refractivity contribution in [3.05, 3.63) is 70.4 Å². The lowest BCUT2D eigenvalue weighted by atomic mass is 9.93. The zero-order valence-corrected chi connectivity index (χ0v) is 16.6. The van der Waals surface area contributed by atoms with E-state index in [4.69, 9.17) is 20.5 Å². The zero-order chi connectivity index (χ0) is 20.5. The molecular formula is C19H18ClNO6S. The Hall–Kier alpha value is -2.23. The molecule has 1 aromatic heterocycles. The number of aromatic nitrogens is 1. The van der Waals surface area contributed by atoms with Gasteiger partial charge >= 0.3 is 10.4 Å². The maximum Gasteiger partial charge on any atom is 0.398 e. The van der Waals surface area contributed by atoms with Gasteiger partial charge in [-0.3, -0.25) is 9.54 Å². The molecule has 0 saturated carbocycles. The Labute approximate surface area is 167 Å². The van der Waals surface area contributed by atoms with Gasteiger partial charge in [-0.25, -0.2) is 4.18 Å². The summed E-state index contributed by atoms with van der Waals surface area (Å²) >= 11 is 6.31. The molecule has 9 heteroatoms. The van der Waals surface area contributed by atoms with Gasteiger partial charge in [0, 0.05) is 17.1 Å². The van der Waals surface area contributed by atoms with Crippen molar-refractivity contribution in [3.8, 4) is 5.75 Å². The third-order valence-electron chi connectivity index (χ3n) is 4.37. The van der Waals surface area contributed by atoms with Crippen LogP contribution in [0.1, 0.15) is 28.9 Å². The minimum Gasteiger partial charge on any atom is -0.497 e. The number of fused-ring (bicyclic) bond motifs is 1. The van der Waals surface area contributed by atoms with Gasteiger partial charge in [0.2, 0.25) is 0 Å². The van der Waals surface area contributed by atoms with Crippen LogP contribution in [-0.2, 0) is 14.6 Å². The van der Waals surface area contributed by atoms with Crippen molar-refractivity contribution in [3.63, 3.8) is 0 Å². The minimum absolute atomic E-state index is 0.116. The summed E-state index contributed by atoms with van der Waals surface area (Å²) in [4.78, 5) is 4.22. The number of hydrogen-bond acceptors (Lipinski definition) is 6. The molecule has 3 aromatic rings. The van der Waals surface area contributed by atoms with Crippen molar-refractivity contribution in [2.75, 3.05) is 7.11 Å². The van der Waals surface area contributed by atoms with Crippen molar-refractivity contribution in [1.82, 2.24) is 4.98 Å². The monoisotopic (exact) mass is 423 g/mol. The Morgan fingerprint density at radius 3 is 2.54 bits per heavy atom. The third kappa shape index (κ3) is 4.26. The minimum atomic E-state index is -4.86. The van der Waals surface area contributed by atoms with E-state index >= 15 is 0 Å². The number of aryl methyl sites for hydroxylation is 1. The van der Waals surface area contributed by atoms with Crippen LogP contribution >= 0.6 is 11.6 Å². The molecule has 2 unspecified atom stereocenters. The molecule has 0 aliphatic carbocycles. The molecule has 2 aromatic carbocycles. The van der Waals surface area contributed by atoms with Crippen LogP contribution in [0.15, 0.2) is 48.7 Å². The number of nitrogens with zero attached hydrogens (tertiary/aromatic N) is 1. The Kier molecular flexibility index (Phi) is 5.87. The fourth-order valence-electron chi connectivity index (χ4n) is 3.06. The fourth-order valence-corrected chi connectivity index (χ4v) is 3.79. The van der Waals surface area contributed by atoms with Crippen molar-refractivity contribution >= 4 is 32.9 Å². The summed E-state index contributed by atoms with van der Waals surface area (Å²) in [7, 11) is -3.37. The molecule has 2 N–H and O–H groups in total. The van der Waals surface area contributed by atoms with Crippen LogP contribution in [0.4, 0.5) is 0 Å². The number of aliphatic hydroxyl groups is 1. The number of benzene rings is 2. The molecule has 0 spiro atoms. The highest BCUT2D eigenvalue weighted by atomic mass is 35.5. The Bertz CT molecular complexity index is 1120. The number of ether oxygens (including phenoxy) is 1. The molecule has 1 heterocycles. The Morgan fingerprint density at radius 1 is 1.18 bits per heavy atom. The van der Waals surface area contributed by atoms with Crippen LogP contribution in [-0.4, -0.2) is 30.2 Å². The second kappa shape index (κ2) is 8.02. The lowest BCUT2D eigenvalue weighted by molar-refractivity contribution is 0.0316. The standard InChI is InChI=1S/C19H18ClNO6S/c1-11-5-3-4-6-13(11)19(27-28(23,24)25)18(22)17-14-9-12(26-2)7-8-16(14)21-10-15(17)20/h3-10,18-19,22H,1-2H3,(H,23,24,25). The maximum absolute atomic E-state index is 11.5. The summed E-state index contributed by atoms with van der Waals surface area (Å²) in [6.07, 6.45) is -1.59. The van der Waals surface area contributed by atoms with Crippen molar-refractivity contribution in [2.45, 2.75) is 19.1 Å². The molecule has 0 bridgehead atoms. The lowest BCUT2D eigenvalue weighted by Gasteiger charge is -2.25. The molecule has 0 amide bonds. The van der Waals surface area contributed by atoms with Gasteiger partial charge in [0.15, 0.2) is 0 Å². The smallest absolute Gasteiger partial charge is 0.398 e. The highest BCUT2D eigenvalue weighted by Gasteiger charge is 2.32. The van der Waals surface area contributed by atoms with Gasteiger partial charge in [0.1, 0.15) is 18.0 Å². The van der Waals surface area contributed by atoms with E-state index in [0.717, 1.165) is 0 Å². The first-order chi connectivity index (χ1) is 13.2. The molecule has 3 rings (SSSR count). The van der Waals surface area contributed by atoms with E-state index in [-0.39, 0.29) is 10.6 Å². The molecule has 0 radical (unpaired) electrons. The van der Waals surface area contributed by atoms with E-state index in [1.165, 1.54) is 13.3 Å². The summed E-state index contributed by atoms with van der Waals surface area (Å²) < 4.78 is 42.3. The van der Waals surface area contributed by atoms with E-state index in [2.05, 4.69) is 4.98 Å². The van der Waals surface area contributed by atoms with Crippen LogP contribution < -0.4 is 4.74 Å². The van der Waals surface area contributed by atoms with E-state index in [0.29, 0.717) is 27.8 Å². The number of rotatable bonds is 6. The van der Waals surface area contributed by atoms with Crippen LogP contribution in [0.5, 0.6) is 5.75 Å². The van der Waals surface area contributed by atoms with Crippen LogP contribution in [0, 0.1) is 6.92 Å². The molecule has 0 aliphatic heterocycles. The summed E-state index contributed by atoms with van der Waals surface area (Å²) in [5, 5.41) is 11.7. The first-order valence-corrected chi connectivity index (χ1v) is 9.97. The SMILES string of the molecule is COc1ccc2ncc(Cl)c(C(O)C(OS(=O)(=O)O)c3ccccc3C)c2c1. The fraction of sp³-hybridized carbons (Fsp3) is 0.211. The summed E-state index contributed by atoms with van der Waals surface area (Å²) in [5.74, 6) is 0.508. The molecule has 0 fully saturated rings. The highest BCUT2D eigenvalue weighted by molar-refractivity contribution is 7.80. The van der Waals surface area contributed by atoms with Crippen molar-refractivity contribution in [1.29, 1.82) is 0 Å². The van der Waals surface area contributed by atoms with Crippen molar-refractivity contribution < 1.29 is 27.0 Å². The highest BCUT2D eigenvalue weighted by Crippen LogP contribution is 2.41. The van der Waals surface area contributed by atoms with Crippen LogP contribution in [0.2, 0.25) is 5.02 Å². The second-order valence-corrected chi connectivity index (χ2v) is 7.60. The maximum atomic E-state index is 11.5. The predicted octanol–water partition coefficient (Wildman–Crippen LogP) is 3.80. The van der Waals surface area contributed by atoms with Gasteiger partial charge < -0.3 is 9.84 Å². The lowest BCUT2D eigenvalue weighted by Crippen LogP contribution is -2.20. The zero-order valence-electron chi connectivity index (χ0n) is 15.0. The molecular weight excluding hydrogens is 406 g/mol. The number of methoxy groups -OCH3 is 1. The molecule has 7 nitrogen and oxygen atoms in total. The van der Waals surface area contributed by atoms with Gasteiger partial charge in [-0.15, -0.1) is 0 Å². The second-order valence-electron chi connectivity index (χ2n) is 6.15. The van der Waals surface area contributed by atoms with E-state index < -0.39 is 22.6 Å². The largest absolute Gasteiger partial charge is 0.497 e. The van der Waals surface area contributed by atoms with E-state index in [1.807, 2.05) is 0 Å². The number of hydrogen-bond donors (Lipinski definition) is 2. The summed E-state index contributed by atoms with van der Waals surface area (Å²) in [6.45, 7) is 1.73. The van der Waals surface area contributed by atoms with E-state index in [9.17, 15) is 18.1 Å². The Morgan fingerprint density at radius 2 is 1.89 bits per heavy atom. The normalized spacial score (nSPS) is 14.0. The van der Waals surface area contributed by atoms with Crippen molar-refractivity contribution in [2.24, 2.45) is 0 Å². The van der Waals surface area contributed by atoms with Gasteiger partial charge in [-0.2, -0.15) is 8.42 Å². The average Bonchev–Trinajstić information content (AvgIpc) is 2.65. The quantitative estimate of drug-likeness (QED) is 0.581. The number of halogens is 1. The predicted molar refractivity (Wildman–Crippen MR) is 105 cm³/mol. The van der Waals surface area contributed by atoms with Gasteiger partial charge in [0.05, 0.1) is 17.6 Å². The van der Waals surface area contributed by atoms with Gasteiger partial charge in [0.25, 0.3) is 0 Å². The molecule has 0 saturated heterocycles. The molecule has 148 valence electrons. The van der Waals surface area contributed by atoms with Gasteiger partial charge in [-0.1, -0.05) is 35.9 Å². The average molecular weight is 424 g/mol. The third-order valence-corrected chi connectivity index (χ3v) is 5.12. The molecule has 2 atom stereocenters. The van der Waals surface area contributed by atoms with Crippen LogP contribution in [0.25, 0.3) is 10.9 Å². The first kappa shape index (κ1) is 20.5. The van der Waals surface area contributed by atoms with Gasteiger partial charge in [-0.05, 0) is 36.2 Å². The summed E-state index contributed by atoms with van der Waals surface area (Å²) in [6, 6.07) is 11.8. The number of aliphatic hydroxyl groups excluding tert-OH is 1. The van der Waals surface area contributed by atoms with Crippen LogP contribution in [0.3, 0.4) is 0 Å². The van der Waals surface area contributed by atoms with E-state index in [1.54, 1.807) is 49.4 Å². The first-order valence-electron chi connectivity index (χ1n) is 8.22. The summed E-state index contributed by atoms with van der Waals surface area (Å²) in [5.41, 5.74) is 1.79. The number of pyridine rings is 1. The topological polar surface area (TPSA) is 106 Å². The molecule has 28 heavy (non-hydrogen) atoms. The molecule has 0 aliphatic rings. The Balaban J connectivity index is 2.22.